The van der Waals surface area contributed by atoms with Gasteiger partial charge in [-0.15, -0.1) is 0 Å². The number of hydrogen-bond donors (Lipinski definition) is 0. The fraction of sp³-hybridized carbons (Fsp3) is 0.579. The minimum absolute atomic E-state index is 0.0255. The summed E-state index contributed by atoms with van der Waals surface area (Å²) in [7, 11) is 0. The molecule has 1 aliphatic carbocycles. The van der Waals surface area contributed by atoms with Crippen LogP contribution in [0, 0.1) is 5.92 Å². The zero-order valence-electron chi connectivity index (χ0n) is 13.7. The lowest BCUT2D eigenvalue weighted by Crippen LogP contribution is -2.50. The monoisotopic (exact) mass is 326 g/mol. The molecule has 1 aromatic carbocycles. The minimum Gasteiger partial charge on any atom is -0.351 e. The Morgan fingerprint density at radius 3 is 2.71 bits per heavy atom. The van der Waals surface area contributed by atoms with Crippen molar-refractivity contribution in [3.05, 3.63) is 35.9 Å². The molecular weight excluding hydrogens is 304 g/mol. The lowest BCUT2D eigenvalue weighted by molar-refractivity contribution is -0.144. The molecule has 24 heavy (non-hydrogen) atoms. The van der Waals surface area contributed by atoms with Crippen LogP contribution in [0.2, 0.25) is 0 Å². The Balaban J connectivity index is 1.45. The second-order valence-electron chi connectivity index (χ2n) is 7.48. The first-order chi connectivity index (χ1) is 11.7. The molecule has 3 atom stereocenters. The first kappa shape index (κ1) is 14.5. The number of hydrogen-bond acceptors (Lipinski definition) is 3. The minimum atomic E-state index is -0.586. The zero-order valence-corrected chi connectivity index (χ0v) is 13.7. The number of likely N-dealkylation sites (tertiary alicyclic amines) is 1. The van der Waals surface area contributed by atoms with E-state index in [9.17, 15) is 9.59 Å². The van der Waals surface area contributed by atoms with Gasteiger partial charge in [0.05, 0.1) is 25.1 Å². The van der Waals surface area contributed by atoms with Gasteiger partial charge < -0.3 is 14.5 Å². The van der Waals surface area contributed by atoms with Crippen LogP contribution in [0.15, 0.2) is 30.3 Å². The zero-order chi connectivity index (χ0) is 16.3. The predicted octanol–water partition coefficient (Wildman–Crippen LogP) is 2.09. The maximum atomic E-state index is 12.8. The molecule has 1 aromatic rings. The maximum absolute atomic E-state index is 12.8. The molecule has 1 saturated carbocycles. The number of carbonyl (C=O) groups excluding carboxylic acids is 2. The molecule has 0 bridgehead atoms. The van der Waals surface area contributed by atoms with Crippen LogP contribution < -0.4 is 0 Å². The van der Waals surface area contributed by atoms with E-state index < -0.39 is 5.72 Å². The Hall–Kier alpha value is -1.88. The lowest BCUT2D eigenvalue weighted by Gasteiger charge is -2.35. The van der Waals surface area contributed by atoms with Crippen molar-refractivity contribution in [1.82, 2.24) is 9.80 Å². The van der Waals surface area contributed by atoms with Crippen molar-refractivity contribution in [2.75, 3.05) is 13.2 Å². The van der Waals surface area contributed by atoms with Crippen molar-refractivity contribution >= 4 is 11.8 Å². The molecule has 3 aliphatic heterocycles. The quantitative estimate of drug-likeness (QED) is 0.836. The molecule has 126 valence electrons. The standard InChI is InChI=1S/C19H22N2O3/c22-17-11-16-19(9-10-20(16)18(23)14-7-4-8-14)21(17)15(12-24-19)13-5-2-1-3-6-13/h1-3,5-6,14-16H,4,7-12H2/t15-,16+,19-/m0/s1. The molecule has 5 heteroatoms. The summed E-state index contributed by atoms with van der Waals surface area (Å²) >= 11 is 0. The average molecular weight is 326 g/mol. The third-order valence-corrected chi connectivity index (χ3v) is 6.38. The lowest BCUT2D eigenvalue weighted by atomic mass is 9.84. The molecule has 5 rings (SSSR count). The molecule has 4 fully saturated rings. The van der Waals surface area contributed by atoms with Crippen molar-refractivity contribution < 1.29 is 14.3 Å². The number of benzene rings is 1. The number of nitrogens with zero attached hydrogens (tertiary/aromatic N) is 2. The van der Waals surface area contributed by atoms with Gasteiger partial charge >= 0.3 is 0 Å². The van der Waals surface area contributed by atoms with Gasteiger partial charge in [0, 0.05) is 18.9 Å². The fourth-order valence-electron chi connectivity index (χ4n) is 4.92. The molecule has 3 heterocycles. The van der Waals surface area contributed by atoms with E-state index in [1.165, 1.54) is 0 Å². The molecule has 2 amide bonds. The number of rotatable bonds is 2. The topological polar surface area (TPSA) is 49.9 Å². The highest BCUT2D eigenvalue weighted by Crippen LogP contribution is 2.52. The fourth-order valence-corrected chi connectivity index (χ4v) is 4.92. The van der Waals surface area contributed by atoms with Gasteiger partial charge in [0.1, 0.15) is 0 Å². The number of amides is 2. The van der Waals surface area contributed by atoms with E-state index in [0.29, 0.717) is 19.6 Å². The molecule has 5 nitrogen and oxygen atoms in total. The second-order valence-corrected chi connectivity index (χ2v) is 7.48. The molecule has 0 radical (unpaired) electrons. The van der Waals surface area contributed by atoms with Crippen LogP contribution in [-0.2, 0) is 14.3 Å². The number of carbonyl (C=O) groups is 2. The summed E-state index contributed by atoms with van der Waals surface area (Å²) < 4.78 is 6.25. The Kier molecular flexibility index (Phi) is 3.05. The van der Waals surface area contributed by atoms with Crippen molar-refractivity contribution in [1.29, 1.82) is 0 Å². The van der Waals surface area contributed by atoms with Crippen LogP contribution in [0.25, 0.3) is 0 Å². The summed E-state index contributed by atoms with van der Waals surface area (Å²) in [5.41, 5.74) is 0.531. The normalized spacial score (nSPS) is 35.1. The molecule has 0 N–H and O–H groups in total. The van der Waals surface area contributed by atoms with Gasteiger partial charge in [-0.05, 0) is 18.4 Å². The Morgan fingerprint density at radius 1 is 1.21 bits per heavy atom. The van der Waals surface area contributed by atoms with Crippen LogP contribution in [0.4, 0.5) is 0 Å². The van der Waals surface area contributed by atoms with Crippen molar-refractivity contribution in [3.63, 3.8) is 0 Å². The predicted molar refractivity (Wildman–Crippen MR) is 86.8 cm³/mol. The van der Waals surface area contributed by atoms with Gasteiger partial charge in [0.25, 0.3) is 0 Å². The highest BCUT2D eigenvalue weighted by Gasteiger charge is 2.65. The van der Waals surface area contributed by atoms with E-state index in [0.717, 1.165) is 31.2 Å². The third kappa shape index (κ3) is 1.79. The number of ether oxygens (including phenoxy) is 1. The van der Waals surface area contributed by atoms with Crippen molar-refractivity contribution in [2.24, 2.45) is 5.92 Å². The van der Waals surface area contributed by atoms with Gasteiger partial charge in [-0.1, -0.05) is 36.8 Å². The Bertz CT molecular complexity index is 687. The molecule has 0 unspecified atom stereocenters. The largest absolute Gasteiger partial charge is 0.351 e. The molecule has 4 aliphatic rings. The third-order valence-electron chi connectivity index (χ3n) is 6.38. The summed E-state index contributed by atoms with van der Waals surface area (Å²) in [6, 6.07) is 9.96. The molecule has 0 aromatic heterocycles. The van der Waals surface area contributed by atoms with Gasteiger partial charge in [-0.2, -0.15) is 0 Å². The van der Waals surface area contributed by atoms with Gasteiger partial charge in [-0.25, -0.2) is 0 Å². The summed E-state index contributed by atoms with van der Waals surface area (Å²) in [5, 5.41) is 0. The second kappa shape index (κ2) is 5.06. The SMILES string of the molecule is O=C(C1CCC1)N1CC[C@@]23OC[C@@H](c4ccccc4)N2C(=O)C[C@@H]13. The summed E-state index contributed by atoms with van der Waals surface area (Å²) in [6.07, 6.45) is 4.30. The first-order valence-electron chi connectivity index (χ1n) is 9.02. The van der Waals surface area contributed by atoms with Gasteiger partial charge in [-0.3, -0.25) is 9.59 Å². The first-order valence-corrected chi connectivity index (χ1v) is 9.02. The maximum Gasteiger partial charge on any atom is 0.227 e. The molecule has 3 saturated heterocycles. The van der Waals surface area contributed by atoms with E-state index in [1.54, 1.807) is 0 Å². The van der Waals surface area contributed by atoms with E-state index >= 15 is 0 Å². The average Bonchev–Trinajstić information content (AvgIpc) is 3.16. The van der Waals surface area contributed by atoms with Gasteiger partial charge in [0.2, 0.25) is 11.8 Å². The van der Waals surface area contributed by atoms with E-state index in [4.69, 9.17) is 4.74 Å². The Labute approximate surface area is 141 Å². The van der Waals surface area contributed by atoms with Crippen LogP contribution in [0.5, 0.6) is 0 Å². The van der Waals surface area contributed by atoms with Crippen LogP contribution in [0.1, 0.15) is 43.7 Å². The van der Waals surface area contributed by atoms with E-state index in [1.807, 2.05) is 28.0 Å². The smallest absolute Gasteiger partial charge is 0.227 e. The van der Waals surface area contributed by atoms with E-state index in [2.05, 4.69) is 12.1 Å². The Morgan fingerprint density at radius 2 is 2.00 bits per heavy atom. The summed E-state index contributed by atoms with van der Waals surface area (Å²) in [4.78, 5) is 29.4. The highest BCUT2D eigenvalue weighted by molar-refractivity contribution is 5.86. The summed E-state index contributed by atoms with van der Waals surface area (Å²) in [6.45, 7) is 1.24. The van der Waals surface area contributed by atoms with Crippen LogP contribution in [-0.4, -0.2) is 46.5 Å². The molecule has 1 spiro atoms. The van der Waals surface area contributed by atoms with Crippen molar-refractivity contribution in [3.8, 4) is 0 Å². The van der Waals surface area contributed by atoms with E-state index in [-0.39, 0.29) is 29.8 Å². The highest BCUT2D eigenvalue weighted by atomic mass is 16.5. The van der Waals surface area contributed by atoms with Crippen molar-refractivity contribution in [2.45, 2.75) is 49.9 Å². The summed E-state index contributed by atoms with van der Waals surface area (Å²) in [5.74, 6) is 0.539. The van der Waals surface area contributed by atoms with Crippen LogP contribution >= 0.6 is 0 Å². The molecular formula is C19H22N2O3. The van der Waals surface area contributed by atoms with Crippen LogP contribution in [0.3, 0.4) is 0 Å². The van der Waals surface area contributed by atoms with Gasteiger partial charge in [0.15, 0.2) is 5.72 Å².